The zero-order chi connectivity index (χ0) is 17.5. The molecule has 5 nitrogen and oxygen atoms in total. The fraction of sp³-hybridized carbons (Fsp3) is 0.263. The van der Waals surface area contributed by atoms with Crippen LogP contribution >= 0.6 is 0 Å². The minimum Gasteiger partial charge on any atom is -0.497 e. The molecule has 2 aromatic rings. The van der Waals surface area contributed by atoms with Crippen LogP contribution < -0.4 is 10.1 Å². The lowest BCUT2D eigenvalue weighted by atomic mass is 9.97. The molecular weight excluding hydrogens is 306 g/mol. The van der Waals surface area contributed by atoms with Crippen molar-refractivity contribution in [2.45, 2.75) is 18.8 Å². The minimum atomic E-state index is -0.960. The largest absolute Gasteiger partial charge is 0.497 e. The predicted octanol–water partition coefficient (Wildman–Crippen LogP) is 2.78. The number of nitrogens with one attached hydrogen (secondary N) is 1. The molecule has 0 spiro atoms. The molecule has 0 aliphatic carbocycles. The second-order valence-electron chi connectivity index (χ2n) is 5.54. The molecule has 0 aliphatic rings. The summed E-state index contributed by atoms with van der Waals surface area (Å²) in [5.41, 5.74) is 1.52. The number of aliphatic carboxylic acids is 1. The van der Waals surface area contributed by atoms with E-state index in [0.29, 0.717) is 5.56 Å². The Hall–Kier alpha value is -2.82. The fourth-order valence-electron chi connectivity index (χ4n) is 2.43. The average molecular weight is 327 g/mol. The van der Waals surface area contributed by atoms with Crippen molar-refractivity contribution in [1.29, 1.82) is 0 Å². The highest BCUT2D eigenvalue weighted by Crippen LogP contribution is 2.20. The Morgan fingerprint density at radius 3 is 2.21 bits per heavy atom. The number of carboxylic acid groups (broad SMARTS) is 1. The summed E-state index contributed by atoms with van der Waals surface area (Å²) < 4.78 is 5.10. The van der Waals surface area contributed by atoms with Gasteiger partial charge in [0.2, 0.25) is 5.91 Å². The molecule has 2 atom stereocenters. The standard InChI is InChI=1S/C19H21NO4/c1-13(14-8-10-16(24-2)11-9-14)18(21)20-12-17(19(22)23)15-6-4-3-5-7-15/h3-11,13,17H,12H2,1-2H3,(H,20,21)(H,22,23)/t13-,17-/m1/s1. The van der Waals surface area contributed by atoms with Gasteiger partial charge in [-0.3, -0.25) is 9.59 Å². The SMILES string of the molecule is COc1ccc([C@@H](C)C(=O)NC[C@@H](C(=O)O)c2ccccc2)cc1. The van der Waals surface area contributed by atoms with E-state index in [-0.39, 0.29) is 18.4 Å². The summed E-state index contributed by atoms with van der Waals surface area (Å²) in [6.07, 6.45) is 0. The van der Waals surface area contributed by atoms with Crippen molar-refractivity contribution in [3.8, 4) is 5.75 Å². The van der Waals surface area contributed by atoms with Crippen LogP contribution in [0.3, 0.4) is 0 Å². The highest BCUT2D eigenvalue weighted by molar-refractivity contribution is 5.84. The van der Waals surface area contributed by atoms with E-state index in [0.717, 1.165) is 11.3 Å². The Bertz CT molecular complexity index is 682. The molecule has 2 N–H and O–H groups in total. The first-order chi connectivity index (χ1) is 11.5. The number of carboxylic acids is 1. The number of amides is 1. The molecule has 0 saturated heterocycles. The molecule has 1 amide bonds. The third kappa shape index (κ3) is 4.35. The fourth-order valence-corrected chi connectivity index (χ4v) is 2.43. The Morgan fingerprint density at radius 2 is 1.67 bits per heavy atom. The van der Waals surface area contributed by atoms with E-state index < -0.39 is 11.9 Å². The van der Waals surface area contributed by atoms with Gasteiger partial charge < -0.3 is 15.2 Å². The van der Waals surface area contributed by atoms with Crippen LogP contribution in [0.5, 0.6) is 5.75 Å². The molecule has 5 heteroatoms. The van der Waals surface area contributed by atoms with Gasteiger partial charge in [-0.25, -0.2) is 0 Å². The van der Waals surface area contributed by atoms with E-state index in [1.807, 2.05) is 18.2 Å². The van der Waals surface area contributed by atoms with Gasteiger partial charge in [-0.15, -0.1) is 0 Å². The number of rotatable bonds is 7. The van der Waals surface area contributed by atoms with Crippen molar-refractivity contribution in [2.75, 3.05) is 13.7 Å². The minimum absolute atomic E-state index is 0.0542. The van der Waals surface area contributed by atoms with Crippen LogP contribution in [0.25, 0.3) is 0 Å². The lowest BCUT2D eigenvalue weighted by molar-refractivity contribution is -0.138. The van der Waals surface area contributed by atoms with Crippen LogP contribution in [-0.2, 0) is 9.59 Å². The van der Waals surface area contributed by atoms with Crippen molar-refractivity contribution in [2.24, 2.45) is 0 Å². The van der Waals surface area contributed by atoms with Crippen molar-refractivity contribution in [1.82, 2.24) is 5.32 Å². The maximum Gasteiger partial charge on any atom is 0.312 e. The van der Waals surface area contributed by atoms with Crippen LogP contribution in [-0.4, -0.2) is 30.6 Å². The van der Waals surface area contributed by atoms with Gasteiger partial charge in [0.1, 0.15) is 5.75 Å². The Labute approximate surface area is 141 Å². The first-order valence-electron chi connectivity index (χ1n) is 7.72. The Kier molecular flexibility index (Phi) is 5.95. The van der Waals surface area contributed by atoms with Gasteiger partial charge >= 0.3 is 5.97 Å². The van der Waals surface area contributed by atoms with E-state index in [1.165, 1.54) is 0 Å². The molecule has 0 unspecified atom stereocenters. The molecule has 0 aromatic heterocycles. The van der Waals surface area contributed by atoms with Crippen molar-refractivity contribution in [3.05, 3.63) is 65.7 Å². The van der Waals surface area contributed by atoms with Crippen molar-refractivity contribution in [3.63, 3.8) is 0 Å². The molecule has 0 fully saturated rings. The maximum atomic E-state index is 12.3. The summed E-state index contributed by atoms with van der Waals surface area (Å²) >= 11 is 0. The lowest BCUT2D eigenvalue weighted by Crippen LogP contribution is -2.34. The van der Waals surface area contributed by atoms with Crippen LogP contribution in [0.1, 0.15) is 29.9 Å². The molecule has 126 valence electrons. The summed E-state index contributed by atoms with van der Waals surface area (Å²) in [5.74, 6) is -1.58. The highest BCUT2D eigenvalue weighted by atomic mass is 16.5. The van der Waals surface area contributed by atoms with Gasteiger partial charge in [0, 0.05) is 6.54 Å². The quantitative estimate of drug-likeness (QED) is 0.820. The third-order valence-corrected chi connectivity index (χ3v) is 3.99. The molecule has 0 heterocycles. The monoisotopic (exact) mass is 327 g/mol. The van der Waals surface area contributed by atoms with Crippen molar-refractivity contribution >= 4 is 11.9 Å². The molecule has 0 bridgehead atoms. The highest BCUT2D eigenvalue weighted by Gasteiger charge is 2.22. The molecule has 0 radical (unpaired) electrons. The van der Waals surface area contributed by atoms with Crippen LogP contribution in [0, 0.1) is 0 Å². The zero-order valence-corrected chi connectivity index (χ0v) is 13.7. The Balaban J connectivity index is 2.01. The van der Waals surface area contributed by atoms with Gasteiger partial charge in [-0.1, -0.05) is 42.5 Å². The Morgan fingerprint density at radius 1 is 1.04 bits per heavy atom. The molecule has 24 heavy (non-hydrogen) atoms. The number of benzene rings is 2. The summed E-state index contributed by atoms with van der Waals surface area (Å²) in [6, 6.07) is 16.1. The number of hydrogen-bond donors (Lipinski definition) is 2. The second-order valence-corrected chi connectivity index (χ2v) is 5.54. The molecule has 0 aliphatic heterocycles. The van der Waals surface area contributed by atoms with E-state index in [4.69, 9.17) is 4.74 Å². The summed E-state index contributed by atoms with van der Waals surface area (Å²) in [4.78, 5) is 23.8. The van der Waals surface area contributed by atoms with Gasteiger partial charge in [0.25, 0.3) is 0 Å². The zero-order valence-electron chi connectivity index (χ0n) is 13.7. The molecule has 2 rings (SSSR count). The number of methoxy groups -OCH3 is 1. The summed E-state index contributed by atoms with van der Waals surface area (Å²) in [7, 11) is 1.58. The van der Waals surface area contributed by atoms with Crippen molar-refractivity contribution < 1.29 is 19.4 Å². The number of hydrogen-bond acceptors (Lipinski definition) is 3. The summed E-state index contributed by atoms with van der Waals surface area (Å²) in [5, 5.41) is 12.1. The number of ether oxygens (including phenoxy) is 1. The van der Waals surface area contributed by atoms with E-state index in [2.05, 4.69) is 5.32 Å². The molecule has 0 saturated carbocycles. The molecule has 2 aromatic carbocycles. The number of carbonyl (C=O) groups excluding carboxylic acids is 1. The van der Waals surface area contributed by atoms with Gasteiger partial charge in [0.05, 0.1) is 18.9 Å². The molecular formula is C19H21NO4. The average Bonchev–Trinajstić information content (AvgIpc) is 2.61. The lowest BCUT2D eigenvalue weighted by Gasteiger charge is -2.17. The third-order valence-electron chi connectivity index (χ3n) is 3.99. The maximum absolute atomic E-state index is 12.3. The number of carbonyl (C=O) groups is 2. The smallest absolute Gasteiger partial charge is 0.312 e. The predicted molar refractivity (Wildman–Crippen MR) is 91.2 cm³/mol. The summed E-state index contributed by atoms with van der Waals surface area (Å²) in [6.45, 7) is 1.84. The van der Waals surface area contributed by atoms with Gasteiger partial charge in [-0.2, -0.15) is 0 Å². The van der Waals surface area contributed by atoms with Crippen LogP contribution in [0.2, 0.25) is 0 Å². The van der Waals surface area contributed by atoms with E-state index in [9.17, 15) is 14.7 Å². The van der Waals surface area contributed by atoms with Crippen LogP contribution in [0.15, 0.2) is 54.6 Å². The van der Waals surface area contributed by atoms with Gasteiger partial charge in [0.15, 0.2) is 0 Å². The normalized spacial score (nSPS) is 12.9. The second kappa shape index (κ2) is 8.15. The first kappa shape index (κ1) is 17.5. The van der Waals surface area contributed by atoms with Gasteiger partial charge in [-0.05, 0) is 30.2 Å². The first-order valence-corrected chi connectivity index (χ1v) is 7.72. The van der Waals surface area contributed by atoms with E-state index in [1.54, 1.807) is 50.4 Å². The van der Waals surface area contributed by atoms with E-state index >= 15 is 0 Å². The topological polar surface area (TPSA) is 75.6 Å². The van der Waals surface area contributed by atoms with Crippen LogP contribution in [0.4, 0.5) is 0 Å².